The van der Waals surface area contributed by atoms with E-state index >= 15 is 0 Å². The van der Waals surface area contributed by atoms with Crippen molar-refractivity contribution in [1.82, 2.24) is 0 Å². The van der Waals surface area contributed by atoms with Gasteiger partial charge in [0.25, 0.3) is 5.91 Å². The number of carbonyl (C=O) groups excluding carboxylic acids is 2. The summed E-state index contributed by atoms with van der Waals surface area (Å²) in [5, 5.41) is 12.0. The molecule has 1 aromatic heterocycles. The van der Waals surface area contributed by atoms with E-state index in [1.54, 1.807) is 23.1 Å². The number of nitrogens with zero attached hydrogens (tertiary/aromatic N) is 1. The van der Waals surface area contributed by atoms with Crippen LogP contribution in [0.2, 0.25) is 0 Å². The Labute approximate surface area is 153 Å². The summed E-state index contributed by atoms with van der Waals surface area (Å²) in [4.78, 5) is 38.2. The molecule has 1 unspecified atom stereocenters. The highest BCUT2D eigenvalue weighted by atomic mass is 32.1. The van der Waals surface area contributed by atoms with E-state index in [1.807, 2.05) is 13.0 Å². The number of ether oxygens (including phenoxy) is 1. The van der Waals surface area contributed by atoms with Crippen molar-refractivity contribution in [1.29, 1.82) is 0 Å². The fraction of sp³-hybridized carbons (Fsp3) is 0.278. The first-order valence-electron chi connectivity index (χ1n) is 8.22. The van der Waals surface area contributed by atoms with Crippen molar-refractivity contribution in [3.05, 3.63) is 39.6 Å². The zero-order valence-electron chi connectivity index (χ0n) is 13.9. The zero-order chi connectivity index (χ0) is 18.4. The summed E-state index contributed by atoms with van der Waals surface area (Å²) in [6.07, 6.45) is 0.228. The number of anilines is 2. The van der Waals surface area contributed by atoms with E-state index in [9.17, 15) is 14.4 Å². The van der Waals surface area contributed by atoms with Crippen molar-refractivity contribution in [2.24, 2.45) is 0 Å². The molecule has 8 heteroatoms. The fourth-order valence-electron chi connectivity index (χ4n) is 3.41. The van der Waals surface area contributed by atoms with E-state index in [4.69, 9.17) is 9.84 Å². The maximum absolute atomic E-state index is 12.2. The zero-order valence-corrected chi connectivity index (χ0v) is 14.8. The SMILES string of the molecule is CCN1C(=O)COc2cc3c(cc21)C(c1ccc(C(=O)O)s1)CC(=O)N3. The molecule has 2 aromatic rings. The summed E-state index contributed by atoms with van der Waals surface area (Å²) >= 11 is 1.17. The van der Waals surface area contributed by atoms with Crippen molar-refractivity contribution >= 4 is 40.5 Å². The van der Waals surface area contributed by atoms with E-state index in [0.29, 0.717) is 23.7 Å². The minimum absolute atomic E-state index is 0.0239. The van der Waals surface area contributed by atoms with Crippen molar-refractivity contribution < 1.29 is 24.2 Å². The Kier molecular flexibility index (Phi) is 3.91. The van der Waals surface area contributed by atoms with Crippen LogP contribution in [0.15, 0.2) is 24.3 Å². The second-order valence-electron chi connectivity index (χ2n) is 6.15. The molecule has 2 aliphatic rings. The monoisotopic (exact) mass is 372 g/mol. The molecular weight excluding hydrogens is 356 g/mol. The standard InChI is InChI=1S/C18H16N2O5S/c1-2-20-12-5-9-10(14-3-4-15(26-14)18(23)24)6-16(21)19-11(9)7-13(12)25-8-17(20)22/h3-5,7,10H,2,6,8H2,1H3,(H,19,21)(H,23,24). The van der Waals surface area contributed by atoms with Gasteiger partial charge in [-0.1, -0.05) is 0 Å². The third-order valence-electron chi connectivity index (χ3n) is 4.61. The number of fused-ring (bicyclic) bond motifs is 2. The Balaban J connectivity index is 1.83. The minimum Gasteiger partial charge on any atom is -0.481 e. The van der Waals surface area contributed by atoms with Gasteiger partial charge in [0.2, 0.25) is 5.91 Å². The van der Waals surface area contributed by atoms with Crippen LogP contribution in [-0.4, -0.2) is 36.0 Å². The number of amides is 2. The predicted molar refractivity (Wildman–Crippen MR) is 96.3 cm³/mol. The molecule has 0 saturated heterocycles. The Hall–Kier alpha value is -2.87. The van der Waals surface area contributed by atoms with Gasteiger partial charge in [0.15, 0.2) is 6.61 Å². The lowest BCUT2D eigenvalue weighted by Crippen LogP contribution is -2.39. The van der Waals surface area contributed by atoms with Gasteiger partial charge in [-0.05, 0) is 30.7 Å². The van der Waals surface area contributed by atoms with Gasteiger partial charge in [-0.25, -0.2) is 4.79 Å². The van der Waals surface area contributed by atoms with E-state index < -0.39 is 5.97 Å². The summed E-state index contributed by atoms with van der Waals surface area (Å²) < 4.78 is 5.53. The first-order valence-corrected chi connectivity index (χ1v) is 9.03. The molecule has 1 atom stereocenters. The molecule has 1 aromatic carbocycles. The third-order valence-corrected chi connectivity index (χ3v) is 5.80. The second kappa shape index (κ2) is 6.14. The molecule has 0 fully saturated rings. The van der Waals surface area contributed by atoms with Gasteiger partial charge in [-0.15, -0.1) is 11.3 Å². The molecule has 2 N–H and O–H groups in total. The number of likely N-dealkylation sites (N-methyl/N-ethyl adjacent to an activating group) is 1. The Bertz CT molecular complexity index is 936. The van der Waals surface area contributed by atoms with Gasteiger partial charge < -0.3 is 20.1 Å². The minimum atomic E-state index is -0.983. The lowest BCUT2D eigenvalue weighted by molar-refractivity contribution is -0.121. The summed E-state index contributed by atoms with van der Waals surface area (Å²) in [5.41, 5.74) is 2.18. The molecule has 7 nitrogen and oxygen atoms in total. The first kappa shape index (κ1) is 16.6. The molecule has 0 radical (unpaired) electrons. The van der Waals surface area contributed by atoms with Crippen LogP contribution < -0.4 is 15.0 Å². The number of nitrogens with one attached hydrogen (secondary N) is 1. The Morgan fingerprint density at radius 3 is 2.88 bits per heavy atom. The molecule has 26 heavy (non-hydrogen) atoms. The van der Waals surface area contributed by atoms with Crippen molar-refractivity contribution in [2.75, 3.05) is 23.4 Å². The molecule has 0 saturated carbocycles. The van der Waals surface area contributed by atoms with E-state index in [2.05, 4.69) is 5.32 Å². The fourth-order valence-corrected chi connectivity index (χ4v) is 4.38. The smallest absolute Gasteiger partial charge is 0.345 e. The largest absolute Gasteiger partial charge is 0.481 e. The third kappa shape index (κ3) is 2.62. The summed E-state index contributed by atoms with van der Waals surface area (Å²) in [6.45, 7) is 2.39. The average molecular weight is 372 g/mol. The van der Waals surface area contributed by atoms with Crippen LogP contribution in [0.1, 0.15) is 39.4 Å². The van der Waals surface area contributed by atoms with Crippen LogP contribution in [0.5, 0.6) is 5.75 Å². The molecule has 4 rings (SSSR count). The second-order valence-corrected chi connectivity index (χ2v) is 7.26. The Morgan fingerprint density at radius 2 is 2.19 bits per heavy atom. The van der Waals surface area contributed by atoms with Gasteiger partial charge in [-0.2, -0.15) is 0 Å². The highest BCUT2D eigenvalue weighted by Gasteiger charge is 2.32. The molecule has 0 aliphatic carbocycles. The van der Waals surface area contributed by atoms with Crippen molar-refractivity contribution in [2.45, 2.75) is 19.3 Å². The average Bonchev–Trinajstić information content (AvgIpc) is 3.10. The van der Waals surface area contributed by atoms with Crippen LogP contribution in [0, 0.1) is 0 Å². The van der Waals surface area contributed by atoms with E-state index in [1.165, 1.54) is 11.3 Å². The molecular formula is C18H16N2O5S. The van der Waals surface area contributed by atoms with Crippen molar-refractivity contribution in [3.8, 4) is 5.75 Å². The van der Waals surface area contributed by atoms with E-state index in [0.717, 1.165) is 10.4 Å². The van der Waals surface area contributed by atoms with Crippen LogP contribution in [0.3, 0.4) is 0 Å². The number of carboxylic acids is 1. The first-order chi connectivity index (χ1) is 12.5. The van der Waals surface area contributed by atoms with Gasteiger partial charge in [0.05, 0.1) is 5.69 Å². The molecule has 134 valence electrons. The number of thiophene rings is 1. The number of carbonyl (C=O) groups is 3. The van der Waals surface area contributed by atoms with Crippen LogP contribution >= 0.6 is 11.3 Å². The maximum atomic E-state index is 12.2. The molecule has 2 amide bonds. The predicted octanol–water partition coefficient (Wildman–Crippen LogP) is 2.67. The Morgan fingerprint density at radius 1 is 1.38 bits per heavy atom. The summed E-state index contributed by atoms with van der Waals surface area (Å²) in [6, 6.07) is 6.92. The van der Waals surface area contributed by atoms with Gasteiger partial charge in [-0.3, -0.25) is 9.59 Å². The molecule has 0 bridgehead atoms. The van der Waals surface area contributed by atoms with Gasteiger partial charge >= 0.3 is 5.97 Å². The number of benzene rings is 1. The van der Waals surface area contributed by atoms with Gasteiger partial charge in [0.1, 0.15) is 10.6 Å². The van der Waals surface area contributed by atoms with Crippen LogP contribution in [0.25, 0.3) is 0 Å². The number of hydrogen-bond acceptors (Lipinski definition) is 5. The van der Waals surface area contributed by atoms with E-state index in [-0.39, 0.29) is 35.6 Å². The normalized spacial score (nSPS) is 18.7. The van der Waals surface area contributed by atoms with Crippen molar-refractivity contribution in [3.63, 3.8) is 0 Å². The molecule has 2 aliphatic heterocycles. The quantitative estimate of drug-likeness (QED) is 0.864. The number of rotatable bonds is 3. The summed E-state index contributed by atoms with van der Waals surface area (Å²) in [5.74, 6) is -0.919. The number of hydrogen-bond donors (Lipinski definition) is 2. The maximum Gasteiger partial charge on any atom is 0.345 e. The lowest BCUT2D eigenvalue weighted by Gasteiger charge is -2.32. The lowest BCUT2D eigenvalue weighted by atomic mass is 9.88. The molecule has 0 spiro atoms. The van der Waals surface area contributed by atoms with Gasteiger partial charge in [0, 0.05) is 35.5 Å². The van der Waals surface area contributed by atoms with Crippen LogP contribution in [0.4, 0.5) is 11.4 Å². The van der Waals surface area contributed by atoms with Crippen LogP contribution in [-0.2, 0) is 9.59 Å². The number of carboxylic acid groups (broad SMARTS) is 1. The number of aromatic carboxylic acids is 1. The molecule has 3 heterocycles. The topological polar surface area (TPSA) is 95.9 Å². The highest BCUT2D eigenvalue weighted by Crippen LogP contribution is 2.45. The summed E-state index contributed by atoms with van der Waals surface area (Å²) in [7, 11) is 0. The highest BCUT2D eigenvalue weighted by molar-refractivity contribution is 7.14.